The lowest BCUT2D eigenvalue weighted by Gasteiger charge is -2.25. The van der Waals surface area contributed by atoms with Crippen molar-refractivity contribution in [3.63, 3.8) is 0 Å². The molecule has 0 bridgehead atoms. The summed E-state index contributed by atoms with van der Waals surface area (Å²) in [6.07, 6.45) is 4.35. The molecule has 1 fully saturated rings. The zero-order valence-corrected chi connectivity index (χ0v) is 11.9. The summed E-state index contributed by atoms with van der Waals surface area (Å²) in [5, 5.41) is 5.44. The topological polar surface area (TPSA) is 29.1 Å². The Balaban J connectivity index is 1.91. The molecule has 88 valence electrons. The van der Waals surface area contributed by atoms with Gasteiger partial charge in [-0.3, -0.25) is 4.79 Å². The van der Waals surface area contributed by atoms with Crippen molar-refractivity contribution in [1.29, 1.82) is 0 Å². The fourth-order valence-corrected chi connectivity index (χ4v) is 3.48. The molecular formula is C11H13BrClNOS. The third kappa shape index (κ3) is 2.99. The maximum atomic E-state index is 11.9. The third-order valence-corrected chi connectivity index (χ3v) is 5.07. The van der Waals surface area contributed by atoms with Gasteiger partial charge in [0.2, 0.25) is 0 Å². The molecule has 0 atom stereocenters. The summed E-state index contributed by atoms with van der Waals surface area (Å²) < 4.78 is 0. The van der Waals surface area contributed by atoms with Crippen LogP contribution in [0.4, 0.5) is 0 Å². The molecule has 1 saturated carbocycles. The number of thiophene rings is 1. The fraction of sp³-hybridized carbons (Fsp3) is 0.545. The van der Waals surface area contributed by atoms with Gasteiger partial charge in [0.05, 0.1) is 5.02 Å². The van der Waals surface area contributed by atoms with E-state index in [1.807, 2.05) is 5.38 Å². The molecule has 1 aliphatic carbocycles. The van der Waals surface area contributed by atoms with Gasteiger partial charge in [-0.2, -0.15) is 0 Å². The highest BCUT2D eigenvalue weighted by atomic mass is 79.9. The molecule has 2 nitrogen and oxygen atoms in total. The van der Waals surface area contributed by atoms with E-state index in [4.69, 9.17) is 11.6 Å². The van der Waals surface area contributed by atoms with E-state index < -0.39 is 0 Å². The Labute approximate surface area is 113 Å². The minimum absolute atomic E-state index is 0.0296. The van der Waals surface area contributed by atoms with Gasteiger partial charge in [0, 0.05) is 10.9 Å². The largest absolute Gasteiger partial charge is 0.349 e. The van der Waals surface area contributed by atoms with Crippen molar-refractivity contribution in [1.82, 2.24) is 5.32 Å². The Bertz CT molecular complexity index is 374. The molecule has 0 spiro atoms. The van der Waals surface area contributed by atoms with Crippen LogP contribution in [0, 0.1) is 0 Å². The third-order valence-electron chi connectivity index (χ3n) is 2.82. The van der Waals surface area contributed by atoms with Crippen LogP contribution in [-0.4, -0.2) is 16.8 Å². The van der Waals surface area contributed by atoms with E-state index in [2.05, 4.69) is 21.2 Å². The van der Waals surface area contributed by atoms with Gasteiger partial charge >= 0.3 is 0 Å². The van der Waals surface area contributed by atoms with Gasteiger partial charge in [-0.05, 0) is 37.1 Å². The second-order valence-corrected chi connectivity index (χ2v) is 6.64. The average molecular weight is 323 g/mol. The lowest BCUT2D eigenvalue weighted by molar-refractivity contribution is 0.0932. The average Bonchev–Trinajstić information content (AvgIpc) is 2.68. The Hall–Kier alpha value is -0.0600. The molecule has 16 heavy (non-hydrogen) atoms. The second-order valence-electron chi connectivity index (χ2n) is 4.02. The van der Waals surface area contributed by atoms with Gasteiger partial charge in [-0.15, -0.1) is 11.3 Å². The molecule has 0 radical (unpaired) electrons. The first-order valence-corrected chi connectivity index (χ1v) is 7.52. The van der Waals surface area contributed by atoms with Crippen LogP contribution >= 0.6 is 38.9 Å². The summed E-state index contributed by atoms with van der Waals surface area (Å²) in [5.41, 5.74) is 0. The van der Waals surface area contributed by atoms with Gasteiger partial charge in [0.15, 0.2) is 0 Å². The molecule has 1 aromatic rings. The molecule has 0 saturated heterocycles. The molecule has 5 heteroatoms. The highest BCUT2D eigenvalue weighted by Crippen LogP contribution is 2.26. The number of carbonyl (C=O) groups is 1. The van der Waals surface area contributed by atoms with Crippen molar-refractivity contribution >= 4 is 44.8 Å². The number of hydrogen-bond acceptors (Lipinski definition) is 2. The smallest absolute Gasteiger partial charge is 0.263 e. The van der Waals surface area contributed by atoms with Crippen LogP contribution in [0.1, 0.15) is 35.4 Å². The summed E-state index contributed by atoms with van der Waals surface area (Å²) in [7, 11) is 0. The van der Waals surface area contributed by atoms with Gasteiger partial charge < -0.3 is 5.32 Å². The predicted octanol–water partition coefficient (Wildman–Crippen LogP) is 3.84. The SMILES string of the molecule is O=C(NC1CCC(Br)CC1)c1sccc1Cl. The fourth-order valence-electron chi connectivity index (χ4n) is 1.90. The molecule has 1 heterocycles. The van der Waals surface area contributed by atoms with Crippen molar-refractivity contribution in [2.45, 2.75) is 36.6 Å². The lowest BCUT2D eigenvalue weighted by atomic mass is 9.95. The van der Waals surface area contributed by atoms with Crippen LogP contribution in [0.5, 0.6) is 0 Å². The van der Waals surface area contributed by atoms with Crippen LogP contribution in [0.15, 0.2) is 11.4 Å². The summed E-state index contributed by atoms with van der Waals surface area (Å²) >= 11 is 10.9. The molecule has 2 rings (SSSR count). The molecule has 0 aliphatic heterocycles. The second kappa shape index (κ2) is 5.52. The summed E-state index contributed by atoms with van der Waals surface area (Å²) in [6.45, 7) is 0. The lowest BCUT2D eigenvalue weighted by Crippen LogP contribution is -2.37. The maximum absolute atomic E-state index is 11.9. The number of amides is 1. The minimum atomic E-state index is -0.0296. The molecular weight excluding hydrogens is 310 g/mol. The molecule has 1 aromatic heterocycles. The Morgan fingerprint density at radius 3 is 2.69 bits per heavy atom. The number of hydrogen-bond donors (Lipinski definition) is 1. The quantitative estimate of drug-likeness (QED) is 0.824. The van der Waals surface area contributed by atoms with Crippen LogP contribution in [0.3, 0.4) is 0 Å². The van der Waals surface area contributed by atoms with Crippen molar-refractivity contribution in [3.8, 4) is 0 Å². The van der Waals surface area contributed by atoms with Crippen LogP contribution in [-0.2, 0) is 0 Å². The van der Waals surface area contributed by atoms with Gasteiger partial charge in [0.25, 0.3) is 5.91 Å². The summed E-state index contributed by atoms with van der Waals surface area (Å²) in [5.74, 6) is -0.0296. The first-order valence-electron chi connectivity index (χ1n) is 5.34. The molecule has 1 aliphatic rings. The summed E-state index contributed by atoms with van der Waals surface area (Å²) in [6, 6.07) is 2.07. The standard InChI is InChI=1S/C11H13BrClNOS/c12-7-1-3-8(4-2-7)14-11(15)10-9(13)5-6-16-10/h5-8H,1-4H2,(H,14,15). The minimum Gasteiger partial charge on any atom is -0.349 e. The van der Waals surface area contributed by atoms with E-state index in [1.54, 1.807) is 6.07 Å². The highest BCUT2D eigenvalue weighted by molar-refractivity contribution is 9.09. The van der Waals surface area contributed by atoms with Crippen molar-refractivity contribution < 1.29 is 4.79 Å². The van der Waals surface area contributed by atoms with Crippen LogP contribution in [0.25, 0.3) is 0 Å². The van der Waals surface area contributed by atoms with Crippen molar-refractivity contribution in [2.75, 3.05) is 0 Å². The number of rotatable bonds is 2. The first kappa shape index (κ1) is 12.4. The Kier molecular flexibility index (Phi) is 4.27. The number of alkyl halides is 1. The normalized spacial score (nSPS) is 25.4. The van der Waals surface area contributed by atoms with Crippen LogP contribution in [0.2, 0.25) is 5.02 Å². The van der Waals surface area contributed by atoms with Crippen molar-refractivity contribution in [3.05, 3.63) is 21.3 Å². The number of carbonyl (C=O) groups excluding carboxylic acids is 1. The number of halogens is 2. The van der Waals surface area contributed by atoms with E-state index in [9.17, 15) is 4.79 Å². The Morgan fingerprint density at radius 1 is 1.44 bits per heavy atom. The molecule has 0 aromatic carbocycles. The predicted molar refractivity (Wildman–Crippen MR) is 71.8 cm³/mol. The summed E-state index contributed by atoms with van der Waals surface area (Å²) in [4.78, 5) is 13.1. The van der Waals surface area contributed by atoms with Gasteiger partial charge in [0.1, 0.15) is 4.88 Å². The van der Waals surface area contributed by atoms with Crippen LogP contribution < -0.4 is 5.32 Å². The molecule has 0 unspecified atom stereocenters. The molecule has 1 N–H and O–H groups in total. The Morgan fingerprint density at radius 2 is 2.12 bits per heavy atom. The van der Waals surface area contributed by atoms with Gasteiger partial charge in [-0.1, -0.05) is 27.5 Å². The van der Waals surface area contributed by atoms with E-state index in [-0.39, 0.29) is 5.91 Å². The van der Waals surface area contributed by atoms with E-state index in [0.717, 1.165) is 25.7 Å². The van der Waals surface area contributed by atoms with E-state index in [1.165, 1.54) is 11.3 Å². The number of nitrogens with one attached hydrogen (secondary N) is 1. The molecule has 1 amide bonds. The van der Waals surface area contributed by atoms with E-state index in [0.29, 0.717) is 20.8 Å². The monoisotopic (exact) mass is 321 g/mol. The zero-order chi connectivity index (χ0) is 11.5. The van der Waals surface area contributed by atoms with E-state index >= 15 is 0 Å². The first-order chi connectivity index (χ1) is 7.66. The zero-order valence-electron chi connectivity index (χ0n) is 8.71. The highest BCUT2D eigenvalue weighted by Gasteiger charge is 2.22. The maximum Gasteiger partial charge on any atom is 0.263 e. The van der Waals surface area contributed by atoms with Gasteiger partial charge in [-0.25, -0.2) is 0 Å². The van der Waals surface area contributed by atoms with Crippen molar-refractivity contribution in [2.24, 2.45) is 0 Å².